The molecule has 0 aliphatic carbocycles. The van der Waals surface area contributed by atoms with Gasteiger partial charge in [-0.25, -0.2) is 0 Å². The van der Waals surface area contributed by atoms with Crippen LogP contribution in [0.4, 0.5) is 0 Å². The molecule has 0 amide bonds. The zero-order valence-corrected chi connectivity index (χ0v) is 14.9. The molecule has 2 aliphatic rings. The zero-order valence-electron chi connectivity index (χ0n) is 14.9. The first-order chi connectivity index (χ1) is 10.1. The highest BCUT2D eigenvalue weighted by atomic mass is 16.5. The van der Waals surface area contributed by atoms with Gasteiger partial charge in [-0.3, -0.25) is 0 Å². The molecular weight excluding hydrogens is 292 g/mol. The van der Waals surface area contributed by atoms with Crippen molar-refractivity contribution in [1.29, 1.82) is 0 Å². The lowest BCUT2D eigenvalue weighted by atomic mass is 9.88. The topological polar surface area (TPSA) is 93.2 Å². The van der Waals surface area contributed by atoms with Crippen LogP contribution in [0.1, 0.15) is 61.8 Å². The van der Waals surface area contributed by atoms with Crippen molar-refractivity contribution in [3.05, 3.63) is 10.4 Å². The Morgan fingerprint density at radius 2 is 1.48 bits per heavy atom. The van der Waals surface area contributed by atoms with E-state index in [1.807, 2.05) is 13.8 Å². The molecule has 0 aromatic carbocycles. The molecule has 136 valence electrons. The average Bonchev–Trinajstić information content (AvgIpc) is 2.39. The number of hydrogen-bond donors (Lipinski definition) is 1. The van der Waals surface area contributed by atoms with Crippen LogP contribution in [0, 0.1) is 11.8 Å². The van der Waals surface area contributed by atoms with Crippen molar-refractivity contribution in [3.63, 3.8) is 0 Å². The van der Waals surface area contributed by atoms with E-state index < -0.39 is 0 Å². The summed E-state index contributed by atoms with van der Waals surface area (Å²) in [5, 5.41) is 3.76. The molecule has 0 aromatic heterocycles. The molecule has 2 rings (SSSR count). The Bertz CT molecular complexity index is 405. The number of nitrogens with two attached hydrogens (primary N) is 1. The van der Waals surface area contributed by atoms with E-state index in [4.69, 9.17) is 20.7 Å². The van der Waals surface area contributed by atoms with Gasteiger partial charge in [-0.15, -0.1) is 0 Å². The van der Waals surface area contributed by atoms with E-state index in [9.17, 15) is 0 Å². The lowest BCUT2D eigenvalue weighted by Crippen LogP contribution is -2.46. The highest BCUT2D eigenvalue weighted by molar-refractivity contribution is 4.87. The van der Waals surface area contributed by atoms with Gasteiger partial charge in [0.25, 0.3) is 0 Å². The van der Waals surface area contributed by atoms with E-state index in [2.05, 4.69) is 37.7 Å². The fourth-order valence-corrected chi connectivity index (χ4v) is 2.76. The summed E-state index contributed by atoms with van der Waals surface area (Å²) in [6, 6.07) is 0.419. The predicted molar refractivity (Wildman–Crippen MR) is 95.3 cm³/mol. The van der Waals surface area contributed by atoms with Crippen LogP contribution >= 0.6 is 0 Å². The molecule has 2 fully saturated rings. The Morgan fingerprint density at radius 1 is 1.00 bits per heavy atom. The zero-order chi connectivity index (χ0) is 17.0. The molecule has 2 N–H and O–H groups in total. The summed E-state index contributed by atoms with van der Waals surface area (Å²) in [7, 11) is 0. The van der Waals surface area contributed by atoms with Crippen LogP contribution in [0.3, 0.4) is 0 Å². The Morgan fingerprint density at radius 3 is 1.91 bits per heavy atom. The van der Waals surface area contributed by atoms with Crippen molar-refractivity contribution in [2.75, 3.05) is 13.2 Å². The molecule has 23 heavy (non-hydrogen) atoms. The van der Waals surface area contributed by atoms with Crippen LogP contribution in [0.25, 0.3) is 10.4 Å². The Kier molecular flexibility index (Phi) is 8.57. The number of nitrogens with zero attached hydrogens (tertiary/aromatic N) is 3. The van der Waals surface area contributed by atoms with Gasteiger partial charge in [-0.05, 0) is 57.9 Å². The van der Waals surface area contributed by atoms with Crippen LogP contribution in [-0.4, -0.2) is 36.5 Å². The van der Waals surface area contributed by atoms with E-state index >= 15 is 0 Å². The molecule has 0 radical (unpaired) electrons. The Balaban J connectivity index is 0.000000409. The first-order valence-corrected chi connectivity index (χ1v) is 8.14. The second-order valence-electron chi connectivity index (χ2n) is 7.94. The molecule has 0 bridgehead atoms. The third-order valence-corrected chi connectivity index (χ3v) is 4.49. The van der Waals surface area contributed by atoms with Gasteiger partial charge in [0.15, 0.2) is 0 Å². The maximum Gasteiger partial charge on any atom is 0.0641 e. The molecule has 2 aliphatic heterocycles. The van der Waals surface area contributed by atoms with Gasteiger partial charge in [0, 0.05) is 17.0 Å². The maximum absolute atomic E-state index is 8.32. The van der Waals surface area contributed by atoms with Crippen LogP contribution in [0.5, 0.6) is 0 Å². The van der Waals surface area contributed by atoms with E-state index in [0.29, 0.717) is 24.5 Å². The van der Waals surface area contributed by atoms with Crippen molar-refractivity contribution >= 4 is 0 Å². The fourth-order valence-electron chi connectivity index (χ4n) is 2.76. The minimum Gasteiger partial charge on any atom is -0.375 e. The number of ether oxygens (including phenoxy) is 2. The molecule has 0 spiro atoms. The average molecular weight is 329 g/mol. The van der Waals surface area contributed by atoms with Crippen molar-refractivity contribution in [2.24, 2.45) is 22.7 Å². The molecule has 6 heteroatoms. The summed E-state index contributed by atoms with van der Waals surface area (Å²) in [5.41, 5.74) is 14.1. The van der Waals surface area contributed by atoms with Gasteiger partial charge in [0.1, 0.15) is 0 Å². The van der Waals surface area contributed by atoms with E-state index in [1.165, 1.54) is 0 Å². The van der Waals surface area contributed by atoms with Crippen molar-refractivity contribution in [1.82, 2.24) is 0 Å². The van der Waals surface area contributed by atoms with Gasteiger partial charge in [-0.2, -0.15) is 0 Å². The molecular formula is C17H36N4O2. The van der Waals surface area contributed by atoms with Crippen LogP contribution in [-0.2, 0) is 9.47 Å². The third-order valence-electron chi connectivity index (χ3n) is 4.49. The first kappa shape index (κ1) is 22.2. The molecule has 0 saturated carbocycles. The van der Waals surface area contributed by atoms with Gasteiger partial charge >= 0.3 is 0 Å². The minimum absolute atomic E-state index is 0. The van der Waals surface area contributed by atoms with E-state index in [-0.39, 0.29) is 24.7 Å². The molecule has 2 saturated heterocycles. The molecule has 2 heterocycles. The highest BCUT2D eigenvalue weighted by Crippen LogP contribution is 2.29. The summed E-state index contributed by atoms with van der Waals surface area (Å²) in [5.74, 6) is 0.863. The Labute approximate surface area is 141 Å². The standard InChI is InChI=1S/C8H15N3O.C8H17NO.CH4/c1-6-5-12-8(2,3)4-7(6)10-11-9;1-6-5-10-8(2,3)4-7(6)9;/h6-7H,4-5H2,1-3H3;6-7H,4-5,9H2,1-3H3;1H4/t2*6-,7+;/m00./s1. The van der Waals surface area contributed by atoms with Gasteiger partial charge in [0.2, 0.25) is 0 Å². The molecule has 4 atom stereocenters. The SMILES string of the molecule is C.C[C@H]1COC(C)(C)C[C@H]1N.C[C@H]1COC(C)(C)C[C@H]1N=[N+]=[N-]. The number of rotatable bonds is 1. The van der Waals surface area contributed by atoms with Crippen LogP contribution in [0.2, 0.25) is 0 Å². The maximum atomic E-state index is 8.32. The molecule has 0 aromatic rings. The highest BCUT2D eigenvalue weighted by Gasteiger charge is 2.32. The van der Waals surface area contributed by atoms with E-state index in [1.54, 1.807) is 0 Å². The quantitative estimate of drug-likeness (QED) is 0.442. The number of hydrogen-bond acceptors (Lipinski definition) is 4. The largest absolute Gasteiger partial charge is 0.375 e. The van der Waals surface area contributed by atoms with Crippen molar-refractivity contribution < 1.29 is 9.47 Å². The summed E-state index contributed by atoms with van der Waals surface area (Å²) in [6.07, 6.45) is 1.80. The molecule has 6 nitrogen and oxygen atoms in total. The van der Waals surface area contributed by atoms with Crippen LogP contribution in [0.15, 0.2) is 5.11 Å². The summed E-state index contributed by atoms with van der Waals surface area (Å²) in [4.78, 5) is 2.84. The second-order valence-corrected chi connectivity index (χ2v) is 7.94. The van der Waals surface area contributed by atoms with Gasteiger partial charge in [-0.1, -0.05) is 26.4 Å². The van der Waals surface area contributed by atoms with Gasteiger partial charge < -0.3 is 15.2 Å². The van der Waals surface area contributed by atoms with Gasteiger partial charge in [0.05, 0.1) is 24.4 Å². The summed E-state index contributed by atoms with van der Waals surface area (Å²) in [6.45, 7) is 13.9. The Hall–Kier alpha value is -0.810. The summed E-state index contributed by atoms with van der Waals surface area (Å²) < 4.78 is 11.1. The fraction of sp³-hybridized carbons (Fsp3) is 1.00. The predicted octanol–water partition coefficient (Wildman–Crippen LogP) is 4.29. The van der Waals surface area contributed by atoms with Crippen molar-refractivity contribution in [2.45, 2.75) is 85.1 Å². The monoisotopic (exact) mass is 328 g/mol. The normalized spacial score (nSPS) is 34.9. The van der Waals surface area contributed by atoms with E-state index in [0.717, 1.165) is 19.4 Å². The number of azide groups is 1. The first-order valence-electron chi connectivity index (χ1n) is 8.14. The smallest absolute Gasteiger partial charge is 0.0641 e. The lowest BCUT2D eigenvalue weighted by molar-refractivity contribution is -0.0810. The lowest BCUT2D eigenvalue weighted by Gasteiger charge is -2.37. The van der Waals surface area contributed by atoms with Crippen molar-refractivity contribution in [3.8, 4) is 0 Å². The third kappa shape index (κ3) is 7.53. The van der Waals surface area contributed by atoms with Crippen LogP contribution < -0.4 is 5.73 Å². The second kappa shape index (κ2) is 8.88. The molecule has 0 unspecified atom stereocenters. The minimum atomic E-state index is -0.134. The summed E-state index contributed by atoms with van der Waals surface area (Å²) >= 11 is 0.